The first-order chi connectivity index (χ1) is 6.91. The monoisotopic (exact) mass is 204 g/mol. The zero-order valence-corrected chi connectivity index (χ0v) is 10.3. The van der Waals surface area contributed by atoms with Crippen molar-refractivity contribution in [2.24, 2.45) is 0 Å². The molecule has 0 aromatic heterocycles. The van der Waals surface area contributed by atoms with Gasteiger partial charge >= 0.3 is 0 Å². The topological polar surface area (TPSA) is 9.23 Å². The zero-order chi connectivity index (χ0) is 11.5. The Morgan fingerprint density at radius 1 is 1.13 bits per heavy atom. The van der Waals surface area contributed by atoms with Gasteiger partial charge in [0.05, 0.1) is 6.26 Å². The first-order valence-electron chi connectivity index (χ1n) is 5.31. The van der Waals surface area contributed by atoms with E-state index in [1.54, 1.807) is 6.26 Å². The molecule has 0 N–H and O–H groups in total. The van der Waals surface area contributed by atoms with Gasteiger partial charge in [0.2, 0.25) is 0 Å². The number of allylic oxidation sites excluding steroid dienone is 1. The fourth-order valence-electron chi connectivity index (χ4n) is 1.37. The third-order valence-electron chi connectivity index (χ3n) is 2.12. The Kier molecular flexibility index (Phi) is 3.57. The van der Waals surface area contributed by atoms with Gasteiger partial charge in [-0.2, -0.15) is 0 Å². The van der Waals surface area contributed by atoms with Gasteiger partial charge in [-0.25, -0.2) is 0 Å². The van der Waals surface area contributed by atoms with Gasteiger partial charge in [0, 0.05) is 5.56 Å². The summed E-state index contributed by atoms with van der Waals surface area (Å²) >= 11 is 0. The fourth-order valence-corrected chi connectivity index (χ4v) is 1.37. The molecule has 0 saturated heterocycles. The second-order valence-corrected chi connectivity index (χ2v) is 5.06. The minimum atomic E-state index is 0.117. The minimum absolute atomic E-state index is 0.117. The fraction of sp³-hybridized carbons (Fsp3) is 0.429. The van der Waals surface area contributed by atoms with E-state index in [0.29, 0.717) is 0 Å². The average Bonchev–Trinajstić information content (AvgIpc) is 2.13. The highest BCUT2D eigenvalue weighted by atomic mass is 16.5. The second kappa shape index (κ2) is 4.52. The van der Waals surface area contributed by atoms with Crippen LogP contribution in [0.3, 0.4) is 0 Å². The summed E-state index contributed by atoms with van der Waals surface area (Å²) < 4.78 is 5.66. The standard InChI is InChI=1S/C14H20O/c1-11(2)10-15-13-9-7-6-8-12(13)14(3,4)5/h6-10H,1-5H3. The van der Waals surface area contributed by atoms with Crippen LogP contribution < -0.4 is 4.74 Å². The summed E-state index contributed by atoms with van der Waals surface area (Å²) in [6.45, 7) is 10.6. The molecule has 0 bridgehead atoms. The highest BCUT2D eigenvalue weighted by Crippen LogP contribution is 2.31. The number of ether oxygens (including phenoxy) is 1. The first kappa shape index (κ1) is 11.8. The summed E-state index contributed by atoms with van der Waals surface area (Å²) in [5, 5.41) is 0. The normalized spacial score (nSPS) is 11.0. The maximum Gasteiger partial charge on any atom is 0.130 e. The molecule has 0 aliphatic carbocycles. The number of benzene rings is 1. The van der Waals surface area contributed by atoms with Crippen LogP contribution in [0.25, 0.3) is 0 Å². The summed E-state index contributed by atoms with van der Waals surface area (Å²) in [6, 6.07) is 8.19. The molecule has 1 heteroatoms. The molecule has 1 aromatic rings. The Bertz CT molecular complexity index is 352. The molecule has 0 aliphatic rings. The van der Waals surface area contributed by atoms with Crippen LogP contribution in [-0.2, 0) is 5.41 Å². The molecule has 0 saturated carbocycles. The van der Waals surface area contributed by atoms with Crippen LogP contribution in [0.15, 0.2) is 36.1 Å². The van der Waals surface area contributed by atoms with E-state index in [2.05, 4.69) is 32.9 Å². The van der Waals surface area contributed by atoms with Gasteiger partial charge in [-0.15, -0.1) is 0 Å². The Morgan fingerprint density at radius 2 is 1.73 bits per heavy atom. The third kappa shape index (κ3) is 3.43. The van der Waals surface area contributed by atoms with E-state index in [9.17, 15) is 0 Å². The lowest BCUT2D eigenvalue weighted by atomic mass is 9.86. The molecule has 1 nitrogen and oxygen atoms in total. The molecule has 0 radical (unpaired) electrons. The molecular weight excluding hydrogens is 184 g/mol. The van der Waals surface area contributed by atoms with E-state index in [4.69, 9.17) is 4.74 Å². The highest BCUT2D eigenvalue weighted by molar-refractivity contribution is 5.38. The second-order valence-electron chi connectivity index (χ2n) is 5.06. The van der Waals surface area contributed by atoms with Gasteiger partial charge in [-0.05, 0) is 30.9 Å². The predicted octanol–water partition coefficient (Wildman–Crippen LogP) is 4.29. The number of rotatable bonds is 2. The maximum absolute atomic E-state index is 5.66. The molecule has 0 atom stereocenters. The molecule has 82 valence electrons. The lowest BCUT2D eigenvalue weighted by Gasteiger charge is -2.21. The van der Waals surface area contributed by atoms with Gasteiger partial charge in [0.15, 0.2) is 0 Å². The van der Waals surface area contributed by atoms with E-state index < -0.39 is 0 Å². The molecular formula is C14H20O. The summed E-state index contributed by atoms with van der Waals surface area (Å²) in [7, 11) is 0. The number of hydrogen-bond acceptors (Lipinski definition) is 1. The van der Waals surface area contributed by atoms with Crippen molar-refractivity contribution in [1.29, 1.82) is 0 Å². The van der Waals surface area contributed by atoms with Gasteiger partial charge in [0.25, 0.3) is 0 Å². The summed E-state index contributed by atoms with van der Waals surface area (Å²) in [6.07, 6.45) is 1.80. The lowest BCUT2D eigenvalue weighted by molar-refractivity contribution is 0.449. The molecule has 0 amide bonds. The van der Waals surface area contributed by atoms with E-state index in [0.717, 1.165) is 5.75 Å². The molecule has 0 unspecified atom stereocenters. The molecule has 0 heterocycles. The summed E-state index contributed by atoms with van der Waals surface area (Å²) in [4.78, 5) is 0. The Balaban J connectivity index is 3.02. The zero-order valence-electron chi connectivity index (χ0n) is 10.3. The van der Waals surface area contributed by atoms with Crippen LogP contribution in [0.4, 0.5) is 0 Å². The summed E-state index contributed by atoms with van der Waals surface area (Å²) in [5.41, 5.74) is 2.52. The molecule has 0 fully saturated rings. The minimum Gasteiger partial charge on any atom is -0.465 e. The predicted molar refractivity (Wildman–Crippen MR) is 65.2 cm³/mol. The Labute approximate surface area is 92.8 Å². The lowest BCUT2D eigenvalue weighted by Crippen LogP contribution is -2.12. The largest absolute Gasteiger partial charge is 0.465 e. The molecule has 0 spiro atoms. The van der Waals surface area contributed by atoms with Crippen molar-refractivity contribution in [1.82, 2.24) is 0 Å². The van der Waals surface area contributed by atoms with E-state index in [1.807, 2.05) is 26.0 Å². The van der Waals surface area contributed by atoms with Crippen LogP contribution >= 0.6 is 0 Å². The van der Waals surface area contributed by atoms with Gasteiger partial charge in [-0.3, -0.25) is 0 Å². The van der Waals surface area contributed by atoms with Crippen LogP contribution in [0.2, 0.25) is 0 Å². The van der Waals surface area contributed by atoms with Crippen LogP contribution in [0.1, 0.15) is 40.2 Å². The summed E-state index contributed by atoms with van der Waals surface area (Å²) in [5.74, 6) is 0.950. The van der Waals surface area contributed by atoms with Crippen molar-refractivity contribution in [3.63, 3.8) is 0 Å². The SMILES string of the molecule is CC(C)=COc1ccccc1C(C)(C)C. The maximum atomic E-state index is 5.66. The van der Waals surface area contributed by atoms with E-state index >= 15 is 0 Å². The molecule has 1 rings (SSSR count). The average molecular weight is 204 g/mol. The highest BCUT2D eigenvalue weighted by Gasteiger charge is 2.17. The quantitative estimate of drug-likeness (QED) is 0.653. The molecule has 15 heavy (non-hydrogen) atoms. The van der Waals surface area contributed by atoms with Crippen LogP contribution in [0, 0.1) is 0 Å². The van der Waals surface area contributed by atoms with Crippen molar-refractivity contribution < 1.29 is 4.74 Å². The van der Waals surface area contributed by atoms with Gasteiger partial charge in [0.1, 0.15) is 5.75 Å². The Morgan fingerprint density at radius 3 is 2.27 bits per heavy atom. The van der Waals surface area contributed by atoms with Gasteiger partial charge < -0.3 is 4.74 Å². The number of para-hydroxylation sites is 1. The molecule has 0 aliphatic heterocycles. The van der Waals surface area contributed by atoms with Crippen LogP contribution in [0.5, 0.6) is 5.75 Å². The molecule has 1 aromatic carbocycles. The van der Waals surface area contributed by atoms with E-state index in [-0.39, 0.29) is 5.41 Å². The first-order valence-corrected chi connectivity index (χ1v) is 5.31. The van der Waals surface area contributed by atoms with Crippen molar-refractivity contribution >= 4 is 0 Å². The van der Waals surface area contributed by atoms with Crippen LogP contribution in [-0.4, -0.2) is 0 Å². The van der Waals surface area contributed by atoms with E-state index in [1.165, 1.54) is 11.1 Å². The van der Waals surface area contributed by atoms with Crippen molar-refractivity contribution in [2.75, 3.05) is 0 Å². The van der Waals surface area contributed by atoms with Crippen molar-refractivity contribution in [3.8, 4) is 5.75 Å². The third-order valence-corrected chi connectivity index (χ3v) is 2.12. The smallest absolute Gasteiger partial charge is 0.130 e. The van der Waals surface area contributed by atoms with Crippen molar-refractivity contribution in [2.45, 2.75) is 40.0 Å². The van der Waals surface area contributed by atoms with Crippen molar-refractivity contribution in [3.05, 3.63) is 41.7 Å². The van der Waals surface area contributed by atoms with Gasteiger partial charge in [-0.1, -0.05) is 39.0 Å². The number of hydrogen-bond donors (Lipinski definition) is 0. The Hall–Kier alpha value is -1.24.